The van der Waals surface area contributed by atoms with Crippen LogP contribution in [-0.2, 0) is 6.54 Å². The third-order valence-electron chi connectivity index (χ3n) is 3.32. The van der Waals surface area contributed by atoms with E-state index in [1.165, 1.54) is 24.3 Å². The Labute approximate surface area is 127 Å². The maximum atomic E-state index is 12.8. The normalized spacial score (nSPS) is 12.0. The molecule has 2 amide bonds. The highest BCUT2D eigenvalue weighted by Gasteiger charge is 2.12. The number of hydrogen-bond acceptors (Lipinski definition) is 4. The van der Waals surface area contributed by atoms with Gasteiger partial charge in [-0.25, -0.2) is 9.18 Å². The minimum atomic E-state index is -0.898. The van der Waals surface area contributed by atoms with Crippen LogP contribution < -0.4 is 10.6 Å². The molecular weight excluding hydrogens is 289 g/mol. The average Bonchev–Trinajstić information content (AvgIpc) is 2.82. The number of aliphatic hydroxyl groups is 1. The fourth-order valence-corrected chi connectivity index (χ4v) is 1.98. The number of hydrogen-bond donors (Lipinski definition) is 3. The number of nitrogens with one attached hydrogen (secondary N) is 2. The molecule has 0 bridgehead atoms. The number of amides is 2. The van der Waals surface area contributed by atoms with Gasteiger partial charge in [-0.15, -0.1) is 0 Å². The van der Waals surface area contributed by atoms with Gasteiger partial charge in [0.2, 0.25) is 0 Å². The van der Waals surface area contributed by atoms with E-state index in [0.717, 1.165) is 11.3 Å². The first-order valence-corrected chi connectivity index (χ1v) is 6.84. The molecule has 1 unspecified atom stereocenters. The summed E-state index contributed by atoms with van der Waals surface area (Å²) in [6, 6.07) is 5.06. The van der Waals surface area contributed by atoms with E-state index >= 15 is 0 Å². The molecule has 7 heteroatoms. The predicted octanol–water partition coefficient (Wildman–Crippen LogP) is 1.96. The third-order valence-corrected chi connectivity index (χ3v) is 3.32. The second-order valence-electron chi connectivity index (χ2n) is 4.93. The lowest BCUT2D eigenvalue weighted by molar-refractivity contribution is 0.173. The lowest BCUT2D eigenvalue weighted by Crippen LogP contribution is -2.37. The Morgan fingerprint density at radius 1 is 1.32 bits per heavy atom. The molecule has 0 fully saturated rings. The number of aromatic nitrogens is 1. The summed E-state index contributed by atoms with van der Waals surface area (Å²) in [6.07, 6.45) is -0.898. The molecule has 1 heterocycles. The van der Waals surface area contributed by atoms with Gasteiger partial charge in [-0.3, -0.25) is 0 Å². The summed E-state index contributed by atoms with van der Waals surface area (Å²) in [4.78, 5) is 11.7. The van der Waals surface area contributed by atoms with Crippen molar-refractivity contribution >= 4 is 6.03 Å². The quantitative estimate of drug-likeness (QED) is 0.788. The lowest BCUT2D eigenvalue weighted by Gasteiger charge is -2.13. The number of halogens is 1. The summed E-state index contributed by atoms with van der Waals surface area (Å²) in [5, 5.41) is 18.9. The van der Waals surface area contributed by atoms with Crippen LogP contribution in [0.15, 0.2) is 28.8 Å². The van der Waals surface area contributed by atoms with Gasteiger partial charge in [0.15, 0.2) is 0 Å². The van der Waals surface area contributed by atoms with E-state index in [2.05, 4.69) is 15.8 Å². The zero-order valence-electron chi connectivity index (χ0n) is 12.4. The molecule has 2 aromatic rings. The molecular formula is C15H18FN3O3. The lowest BCUT2D eigenvalue weighted by atomic mass is 10.1. The number of aryl methyl sites for hydroxylation is 2. The standard InChI is InChI=1S/C15H18FN3O3/c1-9-13(10(2)22-19-9)7-17-15(21)18-8-14(20)11-3-5-12(16)6-4-11/h3-6,14,20H,7-8H2,1-2H3,(H2,17,18,21). The van der Waals surface area contributed by atoms with Gasteiger partial charge in [-0.2, -0.15) is 0 Å². The van der Waals surface area contributed by atoms with Gasteiger partial charge >= 0.3 is 6.03 Å². The van der Waals surface area contributed by atoms with Crippen LogP contribution in [0.5, 0.6) is 0 Å². The van der Waals surface area contributed by atoms with Crippen molar-refractivity contribution in [1.29, 1.82) is 0 Å². The van der Waals surface area contributed by atoms with Gasteiger partial charge in [0, 0.05) is 18.7 Å². The zero-order chi connectivity index (χ0) is 16.1. The van der Waals surface area contributed by atoms with Gasteiger partial charge in [0.25, 0.3) is 0 Å². The van der Waals surface area contributed by atoms with Gasteiger partial charge in [-0.1, -0.05) is 17.3 Å². The number of aliphatic hydroxyl groups excluding tert-OH is 1. The van der Waals surface area contributed by atoms with Gasteiger partial charge < -0.3 is 20.3 Å². The number of urea groups is 1. The smallest absolute Gasteiger partial charge is 0.315 e. The Bertz CT molecular complexity index is 620. The van der Waals surface area contributed by atoms with E-state index in [4.69, 9.17) is 4.52 Å². The van der Waals surface area contributed by atoms with E-state index < -0.39 is 12.1 Å². The van der Waals surface area contributed by atoms with Crippen LogP contribution in [0, 0.1) is 19.7 Å². The summed E-state index contributed by atoms with van der Waals surface area (Å²) in [5.41, 5.74) is 2.09. The van der Waals surface area contributed by atoms with E-state index in [9.17, 15) is 14.3 Å². The number of benzene rings is 1. The Kier molecular flexibility index (Phi) is 5.11. The first-order chi connectivity index (χ1) is 10.5. The molecule has 1 aromatic heterocycles. The summed E-state index contributed by atoms with van der Waals surface area (Å²) in [7, 11) is 0. The third kappa shape index (κ3) is 4.05. The molecule has 22 heavy (non-hydrogen) atoms. The molecule has 118 valence electrons. The van der Waals surface area contributed by atoms with Crippen LogP contribution in [0.1, 0.15) is 28.7 Å². The minimum Gasteiger partial charge on any atom is -0.387 e. The number of rotatable bonds is 5. The molecule has 0 spiro atoms. The molecule has 2 rings (SSSR count). The van der Waals surface area contributed by atoms with Crippen LogP contribution >= 0.6 is 0 Å². The molecule has 1 atom stereocenters. The first kappa shape index (κ1) is 16.0. The Hall–Kier alpha value is -2.41. The largest absolute Gasteiger partial charge is 0.387 e. The fraction of sp³-hybridized carbons (Fsp3) is 0.333. The second-order valence-corrected chi connectivity index (χ2v) is 4.93. The van der Waals surface area contributed by atoms with Crippen LogP contribution in [-0.4, -0.2) is 22.8 Å². The molecule has 3 N–H and O–H groups in total. The van der Waals surface area contributed by atoms with Gasteiger partial charge in [0.1, 0.15) is 11.6 Å². The molecule has 0 aliphatic carbocycles. The van der Waals surface area contributed by atoms with Crippen molar-refractivity contribution in [2.75, 3.05) is 6.54 Å². The highest BCUT2D eigenvalue weighted by molar-refractivity contribution is 5.73. The van der Waals surface area contributed by atoms with Crippen molar-refractivity contribution in [3.05, 3.63) is 52.7 Å². The molecule has 6 nitrogen and oxygen atoms in total. The Balaban J connectivity index is 1.79. The van der Waals surface area contributed by atoms with Crippen molar-refractivity contribution in [2.24, 2.45) is 0 Å². The fourth-order valence-electron chi connectivity index (χ4n) is 1.98. The van der Waals surface area contributed by atoms with Gasteiger partial charge in [-0.05, 0) is 31.5 Å². The number of carbonyl (C=O) groups is 1. The van der Waals surface area contributed by atoms with Gasteiger partial charge in [0.05, 0.1) is 11.8 Å². The van der Waals surface area contributed by atoms with Crippen LogP contribution in [0.4, 0.5) is 9.18 Å². The minimum absolute atomic E-state index is 0.0269. The molecule has 0 saturated carbocycles. The predicted molar refractivity (Wildman–Crippen MR) is 77.6 cm³/mol. The molecule has 0 aliphatic rings. The first-order valence-electron chi connectivity index (χ1n) is 6.84. The van der Waals surface area contributed by atoms with Crippen molar-refractivity contribution in [3.63, 3.8) is 0 Å². The number of nitrogens with zero attached hydrogens (tertiary/aromatic N) is 1. The van der Waals surface area contributed by atoms with E-state index in [1.54, 1.807) is 13.8 Å². The second kappa shape index (κ2) is 7.04. The van der Waals surface area contributed by atoms with E-state index in [1.807, 2.05) is 0 Å². The molecule has 1 aromatic carbocycles. The SMILES string of the molecule is Cc1noc(C)c1CNC(=O)NCC(O)c1ccc(F)cc1. The molecule has 0 radical (unpaired) electrons. The van der Waals surface area contributed by atoms with Crippen LogP contribution in [0.2, 0.25) is 0 Å². The monoisotopic (exact) mass is 307 g/mol. The average molecular weight is 307 g/mol. The highest BCUT2D eigenvalue weighted by atomic mass is 19.1. The molecule has 0 aliphatic heterocycles. The van der Waals surface area contributed by atoms with Crippen molar-refractivity contribution < 1.29 is 18.8 Å². The maximum Gasteiger partial charge on any atom is 0.315 e. The molecule has 0 saturated heterocycles. The van der Waals surface area contributed by atoms with Crippen molar-refractivity contribution in [3.8, 4) is 0 Å². The Morgan fingerprint density at radius 2 is 2.00 bits per heavy atom. The maximum absolute atomic E-state index is 12.8. The van der Waals surface area contributed by atoms with Crippen LogP contribution in [0.3, 0.4) is 0 Å². The van der Waals surface area contributed by atoms with E-state index in [0.29, 0.717) is 17.9 Å². The Morgan fingerprint density at radius 3 is 2.59 bits per heavy atom. The summed E-state index contributed by atoms with van der Waals surface area (Å²) < 4.78 is 17.8. The van der Waals surface area contributed by atoms with E-state index in [-0.39, 0.29) is 12.4 Å². The number of carbonyl (C=O) groups excluding carboxylic acids is 1. The van der Waals surface area contributed by atoms with Crippen molar-refractivity contribution in [1.82, 2.24) is 15.8 Å². The topological polar surface area (TPSA) is 87.4 Å². The van der Waals surface area contributed by atoms with Crippen LogP contribution in [0.25, 0.3) is 0 Å². The summed E-state index contributed by atoms with van der Waals surface area (Å²) in [6.45, 7) is 3.88. The van der Waals surface area contributed by atoms with Crippen molar-refractivity contribution in [2.45, 2.75) is 26.5 Å². The summed E-state index contributed by atoms with van der Waals surface area (Å²) in [5.74, 6) is 0.283. The highest BCUT2D eigenvalue weighted by Crippen LogP contribution is 2.13. The zero-order valence-corrected chi connectivity index (χ0v) is 12.4. The summed E-state index contributed by atoms with van der Waals surface area (Å²) >= 11 is 0.